The monoisotopic (exact) mass is 431 g/mol. The first-order chi connectivity index (χ1) is 14.8. The Hall–Kier alpha value is -3.43. The minimum absolute atomic E-state index is 0.0557. The number of hydrogen-bond donors (Lipinski definition) is 3. The van der Waals surface area contributed by atoms with E-state index in [9.17, 15) is 23.2 Å². The molecule has 1 aromatic carbocycles. The average molecular weight is 431 g/mol. The van der Waals surface area contributed by atoms with E-state index in [-0.39, 0.29) is 24.8 Å². The van der Waals surface area contributed by atoms with Crippen LogP contribution in [-0.2, 0) is 15.1 Å². The van der Waals surface area contributed by atoms with Crippen LogP contribution >= 0.6 is 0 Å². The summed E-state index contributed by atoms with van der Waals surface area (Å²) in [6.45, 7) is 3.08. The first-order valence-electron chi connectivity index (χ1n) is 10.1. The van der Waals surface area contributed by atoms with Crippen LogP contribution in [0.3, 0.4) is 0 Å². The summed E-state index contributed by atoms with van der Waals surface area (Å²) in [4.78, 5) is 43.6. The minimum Gasteiger partial charge on any atom is -0.367 e. The fourth-order valence-electron chi connectivity index (χ4n) is 4.33. The second kappa shape index (κ2) is 8.01. The molecule has 0 bridgehead atoms. The van der Waals surface area contributed by atoms with Crippen molar-refractivity contribution in [3.8, 4) is 0 Å². The Bertz CT molecular complexity index is 992. The van der Waals surface area contributed by atoms with Gasteiger partial charge >= 0.3 is 6.03 Å². The van der Waals surface area contributed by atoms with E-state index in [2.05, 4.69) is 15.6 Å². The zero-order valence-electron chi connectivity index (χ0n) is 17.0. The number of rotatable bonds is 5. The van der Waals surface area contributed by atoms with Gasteiger partial charge in [-0.3, -0.25) is 14.9 Å². The van der Waals surface area contributed by atoms with E-state index in [1.807, 2.05) is 11.8 Å². The number of aromatic nitrogens is 1. The summed E-state index contributed by atoms with van der Waals surface area (Å²) in [7, 11) is 0. The van der Waals surface area contributed by atoms with Crippen molar-refractivity contribution in [2.24, 2.45) is 0 Å². The highest BCUT2D eigenvalue weighted by molar-refractivity contribution is 6.07. The molecule has 4 amide bonds. The summed E-state index contributed by atoms with van der Waals surface area (Å²) in [5.41, 5.74) is -0.275. The van der Waals surface area contributed by atoms with E-state index in [0.29, 0.717) is 30.9 Å². The quantitative estimate of drug-likeness (QED) is 0.630. The third kappa shape index (κ3) is 3.97. The second-order valence-corrected chi connectivity index (χ2v) is 7.92. The van der Waals surface area contributed by atoms with Gasteiger partial charge < -0.3 is 20.1 Å². The van der Waals surface area contributed by atoms with Gasteiger partial charge in [0.15, 0.2) is 0 Å². The van der Waals surface area contributed by atoms with Gasteiger partial charge in [-0.2, -0.15) is 0 Å². The zero-order valence-corrected chi connectivity index (χ0v) is 17.0. The number of anilines is 1. The van der Waals surface area contributed by atoms with Crippen molar-refractivity contribution in [3.05, 3.63) is 53.9 Å². The Morgan fingerprint density at radius 3 is 2.52 bits per heavy atom. The maximum absolute atomic E-state index is 13.6. The lowest BCUT2D eigenvalue weighted by molar-refractivity contribution is -0.133. The lowest BCUT2D eigenvalue weighted by Crippen LogP contribution is -2.54. The highest BCUT2D eigenvalue weighted by atomic mass is 19.1. The van der Waals surface area contributed by atoms with Crippen LogP contribution in [0.2, 0.25) is 0 Å². The SMILES string of the molecule is C[C@H]1CN(C(=O)CCC2(c3cc[nH]c3)NC(=O)NC2=O)CCN1c1cc(F)cc(F)c1. The molecule has 2 aliphatic rings. The Morgan fingerprint density at radius 1 is 1.19 bits per heavy atom. The number of benzene rings is 1. The number of H-pyrrole nitrogens is 1. The molecule has 2 aromatic rings. The molecule has 1 unspecified atom stereocenters. The fourth-order valence-corrected chi connectivity index (χ4v) is 4.33. The van der Waals surface area contributed by atoms with Crippen LogP contribution in [0, 0.1) is 11.6 Å². The number of imide groups is 1. The van der Waals surface area contributed by atoms with Gasteiger partial charge in [0, 0.05) is 61.8 Å². The van der Waals surface area contributed by atoms with Crippen molar-refractivity contribution in [2.45, 2.75) is 31.3 Å². The van der Waals surface area contributed by atoms with Crippen molar-refractivity contribution >= 4 is 23.5 Å². The van der Waals surface area contributed by atoms with Crippen LogP contribution in [0.5, 0.6) is 0 Å². The number of halogens is 2. The molecule has 0 spiro atoms. The highest BCUT2D eigenvalue weighted by Crippen LogP contribution is 2.30. The normalized spacial score (nSPS) is 23.6. The summed E-state index contributed by atoms with van der Waals surface area (Å²) < 4.78 is 27.2. The lowest BCUT2D eigenvalue weighted by Gasteiger charge is -2.41. The average Bonchev–Trinajstić information content (AvgIpc) is 3.33. The van der Waals surface area contributed by atoms with E-state index in [1.54, 1.807) is 23.4 Å². The molecule has 3 N–H and O–H groups in total. The Morgan fingerprint density at radius 2 is 1.94 bits per heavy atom. The van der Waals surface area contributed by atoms with E-state index in [4.69, 9.17) is 0 Å². The number of amides is 4. The molecule has 1 aromatic heterocycles. The number of hydrogen-bond acceptors (Lipinski definition) is 4. The maximum atomic E-state index is 13.6. The molecule has 2 atom stereocenters. The topological polar surface area (TPSA) is 97.5 Å². The molecule has 0 saturated carbocycles. The molecule has 164 valence electrons. The second-order valence-electron chi connectivity index (χ2n) is 7.92. The van der Waals surface area contributed by atoms with Gasteiger partial charge in [-0.05, 0) is 31.5 Å². The van der Waals surface area contributed by atoms with Crippen molar-refractivity contribution in [1.82, 2.24) is 20.5 Å². The van der Waals surface area contributed by atoms with Crippen molar-refractivity contribution in [1.29, 1.82) is 0 Å². The molecule has 2 fully saturated rings. The van der Waals surface area contributed by atoms with Crippen LogP contribution in [0.25, 0.3) is 0 Å². The summed E-state index contributed by atoms with van der Waals surface area (Å²) in [5, 5.41) is 4.90. The smallest absolute Gasteiger partial charge is 0.322 e. The molecule has 31 heavy (non-hydrogen) atoms. The molecule has 0 aliphatic carbocycles. The molecule has 8 nitrogen and oxygen atoms in total. The minimum atomic E-state index is -1.29. The van der Waals surface area contributed by atoms with Crippen LogP contribution in [-0.4, -0.2) is 53.4 Å². The van der Waals surface area contributed by atoms with Crippen LogP contribution in [0.1, 0.15) is 25.3 Å². The Labute approximate surface area is 177 Å². The number of aromatic amines is 1. The summed E-state index contributed by atoms with van der Waals surface area (Å²) in [6.07, 6.45) is 3.44. The van der Waals surface area contributed by atoms with Gasteiger partial charge in [-0.25, -0.2) is 13.6 Å². The number of nitrogens with zero attached hydrogens (tertiary/aromatic N) is 2. The van der Waals surface area contributed by atoms with Gasteiger partial charge in [0.2, 0.25) is 5.91 Å². The predicted molar refractivity (Wildman–Crippen MR) is 108 cm³/mol. The fraction of sp³-hybridized carbons (Fsp3) is 0.381. The van der Waals surface area contributed by atoms with E-state index >= 15 is 0 Å². The highest BCUT2D eigenvalue weighted by Gasteiger charge is 2.48. The summed E-state index contributed by atoms with van der Waals surface area (Å²) in [5.74, 6) is -1.93. The van der Waals surface area contributed by atoms with Gasteiger partial charge in [0.05, 0.1) is 0 Å². The number of nitrogens with one attached hydrogen (secondary N) is 3. The Balaban J connectivity index is 1.42. The van der Waals surface area contributed by atoms with Crippen LogP contribution < -0.4 is 15.5 Å². The third-order valence-corrected chi connectivity index (χ3v) is 5.91. The van der Waals surface area contributed by atoms with E-state index in [1.165, 1.54) is 12.1 Å². The van der Waals surface area contributed by atoms with Gasteiger partial charge in [-0.1, -0.05) is 0 Å². The molecule has 3 heterocycles. The predicted octanol–water partition coefficient (Wildman–Crippen LogP) is 1.85. The number of carbonyl (C=O) groups is 3. The zero-order chi connectivity index (χ0) is 22.2. The van der Waals surface area contributed by atoms with Gasteiger partial charge in [0.1, 0.15) is 17.2 Å². The molecule has 4 rings (SSSR count). The number of carbonyl (C=O) groups excluding carboxylic acids is 3. The number of urea groups is 1. The third-order valence-electron chi connectivity index (χ3n) is 5.91. The standard InChI is InChI=1S/C21H23F2N5O3/c1-13-12-27(6-7-28(13)17-9-15(22)8-16(23)10-17)18(29)2-4-21(14-3-5-24-11-14)19(30)25-20(31)26-21/h3,5,8-11,13,24H,2,4,6-7,12H2,1H3,(H2,25,26,30,31)/t13-,21?/m0/s1. The Kier molecular flexibility index (Phi) is 5.38. The first kappa shape index (κ1) is 20.8. The molecular formula is C21H23F2N5O3. The van der Waals surface area contributed by atoms with Crippen LogP contribution in [0.15, 0.2) is 36.7 Å². The van der Waals surface area contributed by atoms with E-state index < -0.39 is 29.1 Å². The largest absolute Gasteiger partial charge is 0.367 e. The molecule has 2 saturated heterocycles. The number of piperazine rings is 1. The van der Waals surface area contributed by atoms with Crippen molar-refractivity contribution < 1.29 is 23.2 Å². The molecular weight excluding hydrogens is 408 g/mol. The van der Waals surface area contributed by atoms with Gasteiger partial charge in [-0.15, -0.1) is 0 Å². The molecule has 2 aliphatic heterocycles. The summed E-state index contributed by atoms with van der Waals surface area (Å²) >= 11 is 0. The van der Waals surface area contributed by atoms with E-state index in [0.717, 1.165) is 6.07 Å². The van der Waals surface area contributed by atoms with Crippen molar-refractivity contribution in [3.63, 3.8) is 0 Å². The molecule has 10 heteroatoms. The van der Waals surface area contributed by atoms with Gasteiger partial charge in [0.25, 0.3) is 5.91 Å². The first-order valence-corrected chi connectivity index (χ1v) is 10.1. The van der Waals surface area contributed by atoms with Crippen molar-refractivity contribution in [2.75, 3.05) is 24.5 Å². The maximum Gasteiger partial charge on any atom is 0.322 e. The van der Waals surface area contributed by atoms with Crippen LogP contribution in [0.4, 0.5) is 19.3 Å². The lowest BCUT2D eigenvalue weighted by atomic mass is 9.87. The summed E-state index contributed by atoms with van der Waals surface area (Å²) in [6, 6.07) is 4.33. The molecule has 0 radical (unpaired) electrons.